The number of nitrogens with zero attached hydrogens (tertiary/aromatic N) is 1. The molecule has 0 spiro atoms. The molecule has 112 valence electrons. The average Bonchev–Trinajstić information content (AvgIpc) is 3.19. The summed E-state index contributed by atoms with van der Waals surface area (Å²) in [7, 11) is 0. The maximum atomic E-state index is 12.2. The molecule has 21 heavy (non-hydrogen) atoms. The first-order valence-corrected chi connectivity index (χ1v) is 7.43. The first-order valence-electron chi connectivity index (χ1n) is 7.43. The van der Waals surface area contributed by atoms with Crippen molar-refractivity contribution in [3.63, 3.8) is 0 Å². The van der Waals surface area contributed by atoms with E-state index in [-0.39, 0.29) is 6.03 Å². The topological polar surface area (TPSA) is 69.6 Å². The van der Waals surface area contributed by atoms with Crippen LogP contribution in [-0.2, 0) is 13.0 Å². The number of urea groups is 1. The highest BCUT2D eigenvalue weighted by molar-refractivity contribution is 5.90. The van der Waals surface area contributed by atoms with Crippen molar-refractivity contribution in [1.82, 2.24) is 10.2 Å². The Morgan fingerprint density at radius 2 is 2.19 bits per heavy atom. The van der Waals surface area contributed by atoms with Crippen molar-refractivity contribution in [3.8, 4) is 0 Å². The highest BCUT2D eigenvalue weighted by atomic mass is 16.4. The number of aromatic carboxylic acids is 1. The molecule has 0 radical (unpaired) electrons. The minimum atomic E-state index is -0.896. The Balaban J connectivity index is 1.65. The van der Waals surface area contributed by atoms with E-state index in [1.165, 1.54) is 6.42 Å². The lowest BCUT2D eigenvalue weighted by Crippen LogP contribution is -2.43. The van der Waals surface area contributed by atoms with Gasteiger partial charge >= 0.3 is 12.0 Å². The van der Waals surface area contributed by atoms with Crippen LogP contribution in [0.2, 0.25) is 0 Å². The number of carboxylic acids is 1. The van der Waals surface area contributed by atoms with Crippen molar-refractivity contribution in [2.45, 2.75) is 26.3 Å². The van der Waals surface area contributed by atoms with Crippen LogP contribution >= 0.6 is 0 Å². The maximum absolute atomic E-state index is 12.2. The molecule has 1 aromatic rings. The van der Waals surface area contributed by atoms with Crippen LogP contribution in [0.4, 0.5) is 4.79 Å². The van der Waals surface area contributed by atoms with Gasteiger partial charge in [0, 0.05) is 19.6 Å². The van der Waals surface area contributed by atoms with Gasteiger partial charge in [-0.2, -0.15) is 0 Å². The first-order chi connectivity index (χ1) is 10.1. The number of hydrogen-bond donors (Lipinski definition) is 2. The van der Waals surface area contributed by atoms with Crippen LogP contribution in [0.3, 0.4) is 0 Å². The number of fused-ring (bicyclic) bond motifs is 1. The van der Waals surface area contributed by atoms with Crippen molar-refractivity contribution in [1.29, 1.82) is 0 Å². The highest BCUT2D eigenvalue weighted by Crippen LogP contribution is 2.36. The Morgan fingerprint density at radius 1 is 1.43 bits per heavy atom. The molecule has 3 rings (SSSR count). The van der Waals surface area contributed by atoms with E-state index in [1.54, 1.807) is 17.0 Å². The molecule has 1 aliphatic heterocycles. The zero-order valence-electron chi connectivity index (χ0n) is 12.1. The van der Waals surface area contributed by atoms with Gasteiger partial charge in [-0.3, -0.25) is 0 Å². The van der Waals surface area contributed by atoms with Gasteiger partial charge in [0.25, 0.3) is 0 Å². The van der Waals surface area contributed by atoms with E-state index in [0.717, 1.165) is 23.6 Å². The third-order valence-corrected chi connectivity index (χ3v) is 4.58. The van der Waals surface area contributed by atoms with Gasteiger partial charge in [-0.25, -0.2) is 9.59 Å². The summed E-state index contributed by atoms with van der Waals surface area (Å²) < 4.78 is 0. The fourth-order valence-corrected chi connectivity index (χ4v) is 3.00. The summed E-state index contributed by atoms with van der Waals surface area (Å²) in [6.45, 7) is 4.01. The fourth-order valence-electron chi connectivity index (χ4n) is 3.00. The van der Waals surface area contributed by atoms with Crippen molar-refractivity contribution in [3.05, 3.63) is 34.9 Å². The molecule has 0 bridgehead atoms. The number of amides is 2. The number of carboxylic acid groups (broad SMARTS) is 1. The molecule has 2 aliphatic rings. The second-order valence-corrected chi connectivity index (χ2v) is 6.08. The van der Waals surface area contributed by atoms with Crippen molar-refractivity contribution < 1.29 is 14.7 Å². The largest absolute Gasteiger partial charge is 0.478 e. The molecule has 2 amide bonds. The number of hydrogen-bond acceptors (Lipinski definition) is 2. The smallest absolute Gasteiger partial charge is 0.335 e. The quantitative estimate of drug-likeness (QED) is 0.895. The Hall–Kier alpha value is -2.04. The second kappa shape index (κ2) is 5.39. The summed E-state index contributed by atoms with van der Waals surface area (Å²) >= 11 is 0. The molecule has 1 saturated carbocycles. The molecule has 0 aromatic heterocycles. The van der Waals surface area contributed by atoms with Crippen molar-refractivity contribution in [2.24, 2.45) is 11.8 Å². The number of carbonyl (C=O) groups is 2. The maximum Gasteiger partial charge on any atom is 0.335 e. The van der Waals surface area contributed by atoms with E-state index in [9.17, 15) is 14.7 Å². The van der Waals surface area contributed by atoms with Gasteiger partial charge in [-0.15, -0.1) is 0 Å². The lowest BCUT2D eigenvalue weighted by atomic mass is 9.95. The molecule has 5 nitrogen and oxygen atoms in total. The standard InChI is InChI=1S/C16H20N2O3/c1-10-7-12(10)8-17-16(21)18-6-5-13-11(9-18)3-2-4-14(13)15(19)20/h2-4,10,12H,5-9H2,1H3,(H,17,21)(H,19,20). The summed E-state index contributed by atoms with van der Waals surface area (Å²) in [6.07, 6.45) is 1.80. The van der Waals surface area contributed by atoms with Gasteiger partial charge in [0.2, 0.25) is 0 Å². The molecule has 2 unspecified atom stereocenters. The SMILES string of the molecule is CC1CC1CNC(=O)N1CCc2c(cccc2C(=O)O)C1. The Bertz CT molecular complexity index is 585. The molecular weight excluding hydrogens is 268 g/mol. The zero-order valence-corrected chi connectivity index (χ0v) is 12.1. The van der Waals surface area contributed by atoms with E-state index < -0.39 is 5.97 Å². The van der Waals surface area contributed by atoms with Crippen molar-refractivity contribution >= 4 is 12.0 Å². The van der Waals surface area contributed by atoms with Gasteiger partial charge in [-0.05, 0) is 41.9 Å². The molecule has 1 aliphatic carbocycles. The van der Waals surface area contributed by atoms with Crippen LogP contribution in [0.5, 0.6) is 0 Å². The summed E-state index contributed by atoms with van der Waals surface area (Å²) in [5, 5.41) is 12.2. The number of rotatable bonds is 3. The molecule has 1 heterocycles. The normalized spacial score (nSPS) is 23.4. The second-order valence-electron chi connectivity index (χ2n) is 6.08. The van der Waals surface area contributed by atoms with Gasteiger partial charge in [0.05, 0.1) is 5.56 Å². The molecule has 0 saturated heterocycles. The molecule has 1 aromatic carbocycles. The lowest BCUT2D eigenvalue weighted by Gasteiger charge is -2.29. The first kappa shape index (κ1) is 13.9. The van der Waals surface area contributed by atoms with E-state index in [2.05, 4.69) is 12.2 Å². The van der Waals surface area contributed by atoms with Crippen LogP contribution in [0.1, 0.15) is 34.8 Å². The highest BCUT2D eigenvalue weighted by Gasteiger charge is 2.33. The number of nitrogens with one attached hydrogen (secondary N) is 1. The van der Waals surface area contributed by atoms with Crippen LogP contribution < -0.4 is 5.32 Å². The van der Waals surface area contributed by atoms with E-state index in [1.807, 2.05) is 6.07 Å². The Kier molecular flexibility index (Phi) is 3.57. The third-order valence-electron chi connectivity index (χ3n) is 4.58. The summed E-state index contributed by atoms with van der Waals surface area (Å²) in [5.74, 6) is 0.461. The molecule has 2 N–H and O–H groups in total. The minimum Gasteiger partial charge on any atom is -0.478 e. The molecule has 2 atom stereocenters. The third kappa shape index (κ3) is 2.86. The van der Waals surface area contributed by atoms with E-state index >= 15 is 0 Å². The summed E-state index contributed by atoms with van der Waals surface area (Å²) in [4.78, 5) is 25.1. The predicted octanol–water partition coefficient (Wildman–Crippen LogP) is 2.11. The van der Waals surface area contributed by atoms with Gasteiger partial charge < -0.3 is 15.3 Å². The minimum absolute atomic E-state index is 0.0412. The molecule has 1 fully saturated rings. The molecular formula is C16H20N2O3. The van der Waals surface area contributed by atoms with E-state index in [0.29, 0.717) is 31.0 Å². The molecule has 5 heteroatoms. The number of carbonyl (C=O) groups excluding carboxylic acids is 1. The van der Waals surface area contributed by atoms with Crippen molar-refractivity contribution in [2.75, 3.05) is 13.1 Å². The van der Waals surface area contributed by atoms with Crippen LogP contribution in [0, 0.1) is 11.8 Å². The zero-order chi connectivity index (χ0) is 15.0. The monoisotopic (exact) mass is 288 g/mol. The van der Waals surface area contributed by atoms with Crippen LogP contribution in [0.15, 0.2) is 18.2 Å². The van der Waals surface area contributed by atoms with Gasteiger partial charge in [0.1, 0.15) is 0 Å². The van der Waals surface area contributed by atoms with Crippen LogP contribution in [-0.4, -0.2) is 35.1 Å². The summed E-state index contributed by atoms with van der Waals surface area (Å²) in [6, 6.07) is 5.24. The van der Waals surface area contributed by atoms with E-state index in [4.69, 9.17) is 0 Å². The average molecular weight is 288 g/mol. The Labute approximate surface area is 123 Å². The fraction of sp³-hybridized carbons (Fsp3) is 0.500. The lowest BCUT2D eigenvalue weighted by molar-refractivity contribution is 0.0695. The van der Waals surface area contributed by atoms with Gasteiger partial charge in [0.15, 0.2) is 0 Å². The van der Waals surface area contributed by atoms with Crippen LogP contribution in [0.25, 0.3) is 0 Å². The van der Waals surface area contributed by atoms with Gasteiger partial charge in [-0.1, -0.05) is 19.1 Å². The Morgan fingerprint density at radius 3 is 2.86 bits per heavy atom. The number of benzene rings is 1. The predicted molar refractivity (Wildman–Crippen MR) is 78.2 cm³/mol. The summed E-state index contributed by atoms with van der Waals surface area (Å²) in [5.41, 5.74) is 2.17.